The van der Waals surface area contributed by atoms with Crippen LogP contribution in [0.4, 0.5) is 21.5 Å². The number of nitrogens with two attached hydrogens (primary N) is 1. The molecule has 0 aromatic heterocycles. The maximum atomic E-state index is 13.3. The molecule has 0 aliphatic heterocycles. The minimum absolute atomic E-state index is 0.277. The highest BCUT2D eigenvalue weighted by molar-refractivity contribution is 5.96. The molecule has 0 saturated carbocycles. The van der Waals surface area contributed by atoms with Crippen LogP contribution in [0.1, 0.15) is 22.8 Å². The minimum atomic E-state index is -0.477. The Morgan fingerprint density at radius 1 is 1.29 bits per heavy atom. The predicted octanol–water partition coefficient (Wildman–Crippen LogP) is 3.64. The van der Waals surface area contributed by atoms with E-state index in [4.69, 9.17) is 10.5 Å². The van der Waals surface area contributed by atoms with E-state index < -0.39 is 5.97 Å². The van der Waals surface area contributed by atoms with Gasteiger partial charge in [-0.15, -0.1) is 0 Å². The molecule has 0 saturated heterocycles. The summed E-state index contributed by atoms with van der Waals surface area (Å²) in [4.78, 5) is 11.8. The van der Waals surface area contributed by atoms with Crippen molar-refractivity contribution < 1.29 is 13.9 Å². The highest BCUT2D eigenvalue weighted by Gasteiger charge is 2.12. The topological polar surface area (TPSA) is 64.3 Å². The lowest BCUT2D eigenvalue weighted by Gasteiger charge is -2.12. The van der Waals surface area contributed by atoms with Gasteiger partial charge in [-0.05, 0) is 49.7 Å². The van der Waals surface area contributed by atoms with Gasteiger partial charge < -0.3 is 15.8 Å². The van der Waals surface area contributed by atoms with Crippen LogP contribution >= 0.6 is 0 Å². The van der Waals surface area contributed by atoms with E-state index in [-0.39, 0.29) is 18.0 Å². The molecule has 0 radical (unpaired) electrons. The van der Waals surface area contributed by atoms with E-state index in [1.165, 1.54) is 12.1 Å². The van der Waals surface area contributed by atoms with Crippen LogP contribution in [-0.4, -0.2) is 12.6 Å². The number of nitrogens with one attached hydrogen (secondary N) is 1. The fourth-order valence-electron chi connectivity index (χ4n) is 1.90. The first-order valence-corrected chi connectivity index (χ1v) is 6.61. The second kappa shape index (κ2) is 6.26. The maximum absolute atomic E-state index is 13.3. The normalized spacial score (nSPS) is 10.2. The van der Waals surface area contributed by atoms with Crippen LogP contribution in [0.25, 0.3) is 0 Å². The molecule has 0 atom stereocenters. The Morgan fingerprint density at radius 3 is 2.76 bits per heavy atom. The Morgan fingerprint density at radius 2 is 2.05 bits per heavy atom. The van der Waals surface area contributed by atoms with E-state index in [0.29, 0.717) is 17.1 Å². The standard InChI is InChI=1S/C16H17FN2O2/c1-3-21-16(20)13-9-12(6-7-14(13)18)19-15-8-11(17)5-4-10(15)2/h4-9,19H,3,18H2,1-2H3. The van der Waals surface area contributed by atoms with Gasteiger partial charge in [-0.3, -0.25) is 0 Å². The van der Waals surface area contributed by atoms with Crippen molar-refractivity contribution in [2.24, 2.45) is 0 Å². The van der Waals surface area contributed by atoms with Crippen LogP contribution in [0, 0.1) is 12.7 Å². The van der Waals surface area contributed by atoms with Gasteiger partial charge in [0.15, 0.2) is 0 Å². The number of hydrogen-bond acceptors (Lipinski definition) is 4. The van der Waals surface area contributed by atoms with E-state index in [9.17, 15) is 9.18 Å². The molecule has 2 rings (SSSR count). The Hall–Kier alpha value is -2.56. The zero-order valence-electron chi connectivity index (χ0n) is 11.9. The smallest absolute Gasteiger partial charge is 0.340 e. The summed E-state index contributed by atoms with van der Waals surface area (Å²) in [6, 6.07) is 9.41. The monoisotopic (exact) mass is 288 g/mol. The number of nitrogen functional groups attached to an aromatic ring is 1. The number of carbonyl (C=O) groups is 1. The zero-order chi connectivity index (χ0) is 15.4. The Labute approximate surface area is 122 Å². The summed E-state index contributed by atoms with van der Waals surface area (Å²) in [5.74, 6) is -0.807. The second-order valence-corrected chi connectivity index (χ2v) is 4.61. The molecule has 4 nitrogen and oxygen atoms in total. The number of ether oxygens (including phenoxy) is 1. The molecule has 3 N–H and O–H groups in total. The molecule has 0 aliphatic carbocycles. The van der Waals surface area contributed by atoms with E-state index in [2.05, 4.69) is 5.32 Å². The van der Waals surface area contributed by atoms with Crippen molar-refractivity contribution in [2.75, 3.05) is 17.7 Å². The predicted molar refractivity (Wildman–Crippen MR) is 81.2 cm³/mol. The van der Waals surface area contributed by atoms with Gasteiger partial charge in [-0.25, -0.2) is 9.18 Å². The average molecular weight is 288 g/mol. The molecule has 2 aromatic rings. The van der Waals surface area contributed by atoms with Crippen LogP contribution < -0.4 is 11.1 Å². The van der Waals surface area contributed by atoms with Gasteiger partial charge in [0.05, 0.1) is 12.2 Å². The van der Waals surface area contributed by atoms with E-state index >= 15 is 0 Å². The van der Waals surface area contributed by atoms with E-state index in [0.717, 1.165) is 5.56 Å². The number of esters is 1. The van der Waals surface area contributed by atoms with E-state index in [1.807, 2.05) is 6.92 Å². The molecule has 0 aliphatic rings. The highest BCUT2D eigenvalue weighted by atomic mass is 19.1. The molecule has 0 fully saturated rings. The molecule has 0 unspecified atom stereocenters. The summed E-state index contributed by atoms with van der Waals surface area (Å²) >= 11 is 0. The largest absolute Gasteiger partial charge is 0.462 e. The van der Waals surface area contributed by atoms with E-state index in [1.54, 1.807) is 31.2 Å². The summed E-state index contributed by atoms with van der Waals surface area (Å²) in [7, 11) is 0. The van der Waals surface area contributed by atoms with Crippen molar-refractivity contribution in [1.29, 1.82) is 0 Å². The van der Waals surface area contributed by atoms with Gasteiger partial charge in [-0.1, -0.05) is 6.07 Å². The molecular formula is C16H17FN2O2. The summed E-state index contributed by atoms with van der Waals surface area (Å²) in [5, 5.41) is 3.07. The Bertz CT molecular complexity index is 671. The van der Waals surface area contributed by atoms with Crippen molar-refractivity contribution in [2.45, 2.75) is 13.8 Å². The molecule has 0 amide bonds. The van der Waals surface area contributed by atoms with Gasteiger partial charge in [0.25, 0.3) is 0 Å². The third-order valence-electron chi connectivity index (χ3n) is 3.03. The third-order valence-corrected chi connectivity index (χ3v) is 3.03. The first-order chi connectivity index (χ1) is 10.0. The lowest BCUT2D eigenvalue weighted by atomic mass is 10.1. The lowest BCUT2D eigenvalue weighted by molar-refractivity contribution is 0.0527. The van der Waals surface area contributed by atoms with Crippen LogP contribution in [0.15, 0.2) is 36.4 Å². The Balaban J connectivity index is 2.31. The lowest BCUT2D eigenvalue weighted by Crippen LogP contribution is -2.08. The number of aryl methyl sites for hydroxylation is 1. The molecule has 110 valence electrons. The molecular weight excluding hydrogens is 271 g/mol. The van der Waals surface area contributed by atoms with Crippen molar-refractivity contribution in [3.8, 4) is 0 Å². The summed E-state index contributed by atoms with van der Waals surface area (Å²) in [6.07, 6.45) is 0. The molecule has 21 heavy (non-hydrogen) atoms. The van der Waals surface area contributed by atoms with Crippen LogP contribution in [0.5, 0.6) is 0 Å². The molecule has 0 bridgehead atoms. The number of benzene rings is 2. The first kappa shape index (κ1) is 14.8. The number of anilines is 3. The van der Waals surface area contributed by atoms with Crippen molar-refractivity contribution in [3.63, 3.8) is 0 Å². The third kappa shape index (κ3) is 3.51. The highest BCUT2D eigenvalue weighted by Crippen LogP contribution is 2.25. The molecule has 5 heteroatoms. The minimum Gasteiger partial charge on any atom is -0.462 e. The summed E-state index contributed by atoms with van der Waals surface area (Å²) < 4.78 is 18.2. The van der Waals surface area contributed by atoms with Gasteiger partial charge in [0.1, 0.15) is 5.82 Å². The number of carbonyl (C=O) groups excluding carboxylic acids is 1. The van der Waals surface area contributed by atoms with Gasteiger partial charge >= 0.3 is 5.97 Å². The molecule has 0 heterocycles. The van der Waals surface area contributed by atoms with Crippen LogP contribution in [-0.2, 0) is 4.74 Å². The maximum Gasteiger partial charge on any atom is 0.340 e. The summed E-state index contributed by atoms with van der Waals surface area (Å²) in [6.45, 7) is 3.87. The van der Waals surface area contributed by atoms with Crippen molar-refractivity contribution in [3.05, 3.63) is 53.3 Å². The quantitative estimate of drug-likeness (QED) is 0.666. The number of halogens is 1. The SMILES string of the molecule is CCOC(=O)c1cc(Nc2cc(F)ccc2C)ccc1N. The fraction of sp³-hybridized carbons (Fsp3) is 0.188. The fourth-order valence-corrected chi connectivity index (χ4v) is 1.90. The number of rotatable bonds is 4. The first-order valence-electron chi connectivity index (χ1n) is 6.61. The molecule has 2 aromatic carbocycles. The summed E-state index contributed by atoms with van der Waals surface area (Å²) in [5.41, 5.74) is 8.58. The second-order valence-electron chi connectivity index (χ2n) is 4.61. The van der Waals surface area contributed by atoms with Gasteiger partial charge in [0.2, 0.25) is 0 Å². The van der Waals surface area contributed by atoms with Crippen molar-refractivity contribution >= 4 is 23.0 Å². The number of hydrogen-bond donors (Lipinski definition) is 2. The molecule has 0 spiro atoms. The Kier molecular flexibility index (Phi) is 4.42. The van der Waals surface area contributed by atoms with Crippen molar-refractivity contribution in [1.82, 2.24) is 0 Å². The van der Waals surface area contributed by atoms with Gasteiger partial charge in [-0.2, -0.15) is 0 Å². The van der Waals surface area contributed by atoms with Crippen LogP contribution in [0.3, 0.4) is 0 Å². The van der Waals surface area contributed by atoms with Crippen LogP contribution in [0.2, 0.25) is 0 Å². The zero-order valence-corrected chi connectivity index (χ0v) is 11.9. The van der Waals surface area contributed by atoms with Gasteiger partial charge in [0, 0.05) is 17.1 Å². The average Bonchev–Trinajstić information content (AvgIpc) is 2.45.